The van der Waals surface area contributed by atoms with Gasteiger partial charge in [-0.2, -0.15) is 5.26 Å². The number of nitrogens with zero attached hydrogens (tertiary/aromatic N) is 1. The van der Waals surface area contributed by atoms with Gasteiger partial charge in [0, 0.05) is 6.42 Å². The topological polar surface area (TPSA) is 50.1 Å². The molecule has 0 radical (unpaired) electrons. The summed E-state index contributed by atoms with van der Waals surface area (Å²) in [5, 5.41) is 11.8. The van der Waals surface area contributed by atoms with E-state index in [1.54, 1.807) is 0 Å². The third kappa shape index (κ3) is 4.08. The van der Waals surface area contributed by atoms with Crippen molar-refractivity contribution in [2.45, 2.75) is 38.5 Å². The molecular formula is C19H21NO2. The van der Waals surface area contributed by atoms with E-state index >= 15 is 0 Å². The maximum atomic E-state index is 11.3. The number of unbranched alkanes of at least 4 members (excludes halogenated alkanes) is 1. The summed E-state index contributed by atoms with van der Waals surface area (Å²) in [5.41, 5.74) is 1.08. The summed E-state index contributed by atoms with van der Waals surface area (Å²) in [4.78, 5) is 11.3. The zero-order valence-corrected chi connectivity index (χ0v) is 12.9. The molecule has 1 atom stereocenters. The summed E-state index contributed by atoms with van der Waals surface area (Å²) < 4.78 is 4.91. The highest BCUT2D eigenvalue weighted by Crippen LogP contribution is 2.28. The van der Waals surface area contributed by atoms with Crippen LogP contribution < -0.4 is 0 Å². The number of hydrogen-bond acceptors (Lipinski definition) is 3. The minimum atomic E-state index is -0.152. The number of carbonyl (C=O) groups is 1. The molecule has 0 fully saturated rings. The molecular weight excluding hydrogens is 274 g/mol. The lowest BCUT2D eigenvalue weighted by molar-refractivity contribution is -0.143. The summed E-state index contributed by atoms with van der Waals surface area (Å²) in [6, 6.07) is 16.6. The van der Waals surface area contributed by atoms with Crippen molar-refractivity contribution in [2.24, 2.45) is 0 Å². The van der Waals surface area contributed by atoms with Crippen LogP contribution in [0.3, 0.4) is 0 Å². The lowest BCUT2D eigenvalue weighted by Crippen LogP contribution is -2.04. The highest BCUT2D eigenvalue weighted by Gasteiger charge is 2.13. The molecule has 0 saturated heterocycles. The number of ether oxygens (including phenoxy) is 1. The molecule has 0 aliphatic carbocycles. The zero-order chi connectivity index (χ0) is 15.8. The first kappa shape index (κ1) is 16.0. The number of fused-ring (bicyclic) bond motifs is 1. The van der Waals surface area contributed by atoms with Gasteiger partial charge in [0.25, 0.3) is 0 Å². The molecule has 0 amide bonds. The van der Waals surface area contributed by atoms with Gasteiger partial charge in [-0.1, -0.05) is 48.9 Å². The summed E-state index contributed by atoms with van der Waals surface area (Å²) in [6.45, 7) is 2.24. The average Bonchev–Trinajstić information content (AvgIpc) is 2.55. The van der Waals surface area contributed by atoms with Gasteiger partial charge in [0.1, 0.15) is 0 Å². The molecule has 1 unspecified atom stereocenters. The van der Waals surface area contributed by atoms with Crippen LogP contribution in [0.4, 0.5) is 0 Å². The Morgan fingerprint density at radius 1 is 1.18 bits per heavy atom. The second-order valence-electron chi connectivity index (χ2n) is 5.30. The van der Waals surface area contributed by atoms with Crippen molar-refractivity contribution < 1.29 is 9.53 Å². The second kappa shape index (κ2) is 8.19. The van der Waals surface area contributed by atoms with Crippen LogP contribution in [0.25, 0.3) is 10.8 Å². The predicted molar refractivity (Wildman–Crippen MR) is 87.4 cm³/mol. The van der Waals surface area contributed by atoms with Crippen molar-refractivity contribution in [3.05, 3.63) is 48.0 Å². The lowest BCUT2D eigenvalue weighted by Gasteiger charge is -2.12. The van der Waals surface area contributed by atoms with E-state index in [1.807, 2.05) is 31.2 Å². The Labute approximate surface area is 131 Å². The summed E-state index contributed by atoms with van der Waals surface area (Å²) >= 11 is 0. The molecule has 0 heterocycles. The Bertz CT molecular complexity index is 667. The van der Waals surface area contributed by atoms with Crippen molar-refractivity contribution in [1.29, 1.82) is 5.26 Å². The number of carbonyl (C=O) groups excluding carboxylic acids is 1. The van der Waals surface area contributed by atoms with Crippen molar-refractivity contribution in [3.63, 3.8) is 0 Å². The monoisotopic (exact) mass is 295 g/mol. The van der Waals surface area contributed by atoms with Crippen LogP contribution in [0.15, 0.2) is 42.5 Å². The summed E-state index contributed by atoms with van der Waals surface area (Å²) in [5.74, 6) is -0.283. The Morgan fingerprint density at radius 3 is 2.73 bits per heavy atom. The summed E-state index contributed by atoms with van der Waals surface area (Å²) in [7, 11) is 0. The Hall–Kier alpha value is -2.34. The van der Waals surface area contributed by atoms with E-state index in [2.05, 4.69) is 24.3 Å². The first-order valence-electron chi connectivity index (χ1n) is 7.79. The summed E-state index contributed by atoms with van der Waals surface area (Å²) in [6.07, 6.45) is 2.81. The molecule has 2 aromatic rings. The van der Waals surface area contributed by atoms with Gasteiger partial charge in [-0.25, -0.2) is 0 Å². The number of benzene rings is 2. The van der Waals surface area contributed by atoms with E-state index < -0.39 is 0 Å². The average molecular weight is 295 g/mol. The van der Waals surface area contributed by atoms with Gasteiger partial charge in [-0.3, -0.25) is 4.79 Å². The van der Waals surface area contributed by atoms with E-state index in [1.165, 1.54) is 0 Å². The normalized spacial score (nSPS) is 11.8. The van der Waals surface area contributed by atoms with E-state index in [9.17, 15) is 10.1 Å². The van der Waals surface area contributed by atoms with E-state index in [4.69, 9.17) is 4.74 Å². The fourth-order valence-electron chi connectivity index (χ4n) is 2.69. The quantitative estimate of drug-likeness (QED) is 0.555. The molecule has 22 heavy (non-hydrogen) atoms. The van der Waals surface area contributed by atoms with Crippen molar-refractivity contribution in [2.75, 3.05) is 6.61 Å². The van der Waals surface area contributed by atoms with Gasteiger partial charge in [0.15, 0.2) is 0 Å². The molecule has 0 aliphatic heterocycles. The molecule has 3 nitrogen and oxygen atoms in total. The lowest BCUT2D eigenvalue weighted by atomic mass is 9.90. The molecule has 2 aromatic carbocycles. The highest BCUT2D eigenvalue weighted by molar-refractivity contribution is 5.86. The molecule has 3 heteroatoms. The number of esters is 1. The Morgan fingerprint density at radius 2 is 1.95 bits per heavy atom. The molecule has 0 bridgehead atoms. The van der Waals surface area contributed by atoms with Crippen LogP contribution in [0.2, 0.25) is 0 Å². The first-order valence-corrected chi connectivity index (χ1v) is 7.79. The molecule has 114 valence electrons. The van der Waals surface area contributed by atoms with E-state index in [0.717, 1.165) is 35.6 Å². The number of hydrogen-bond donors (Lipinski definition) is 0. The van der Waals surface area contributed by atoms with Gasteiger partial charge >= 0.3 is 5.97 Å². The standard InChI is InChI=1S/C19H21NO2/c1-2-22-19(21)13-6-4-9-16(14-20)18-12-7-10-15-8-3-5-11-17(15)18/h3,5,7-8,10-12,16H,2,4,6,9,13H2,1H3. The van der Waals surface area contributed by atoms with Crippen LogP contribution in [0.1, 0.15) is 44.1 Å². The minimum Gasteiger partial charge on any atom is -0.466 e. The van der Waals surface area contributed by atoms with Gasteiger partial charge in [-0.05, 0) is 36.1 Å². The number of nitriles is 1. The molecule has 0 aromatic heterocycles. The van der Waals surface area contributed by atoms with Gasteiger partial charge < -0.3 is 4.74 Å². The second-order valence-corrected chi connectivity index (χ2v) is 5.30. The molecule has 0 saturated carbocycles. The van der Waals surface area contributed by atoms with Gasteiger partial charge in [-0.15, -0.1) is 0 Å². The minimum absolute atomic E-state index is 0.131. The van der Waals surface area contributed by atoms with Crippen molar-refractivity contribution in [3.8, 4) is 6.07 Å². The SMILES string of the molecule is CCOC(=O)CCCCC(C#N)c1cccc2ccccc12. The maximum Gasteiger partial charge on any atom is 0.305 e. The van der Waals surface area contributed by atoms with E-state index in [-0.39, 0.29) is 11.9 Å². The van der Waals surface area contributed by atoms with Crippen LogP contribution in [0, 0.1) is 11.3 Å². The van der Waals surface area contributed by atoms with Crippen molar-refractivity contribution >= 4 is 16.7 Å². The maximum absolute atomic E-state index is 11.3. The smallest absolute Gasteiger partial charge is 0.305 e. The van der Waals surface area contributed by atoms with Gasteiger partial charge in [0.2, 0.25) is 0 Å². The molecule has 0 spiro atoms. The van der Waals surface area contributed by atoms with Crippen LogP contribution in [-0.2, 0) is 9.53 Å². The Kier molecular flexibility index (Phi) is 5.97. The largest absolute Gasteiger partial charge is 0.466 e. The number of rotatable bonds is 7. The highest BCUT2D eigenvalue weighted by atomic mass is 16.5. The van der Waals surface area contributed by atoms with Crippen molar-refractivity contribution in [1.82, 2.24) is 0 Å². The zero-order valence-electron chi connectivity index (χ0n) is 12.9. The molecule has 0 N–H and O–H groups in total. The molecule has 2 rings (SSSR count). The third-order valence-corrected chi connectivity index (χ3v) is 3.78. The fourth-order valence-corrected chi connectivity index (χ4v) is 2.69. The van der Waals surface area contributed by atoms with Crippen LogP contribution in [-0.4, -0.2) is 12.6 Å². The predicted octanol–water partition coefficient (Wildman–Crippen LogP) is 4.57. The first-order chi connectivity index (χ1) is 10.8. The van der Waals surface area contributed by atoms with E-state index in [0.29, 0.717) is 13.0 Å². The van der Waals surface area contributed by atoms with Crippen LogP contribution in [0.5, 0.6) is 0 Å². The Balaban J connectivity index is 1.99. The van der Waals surface area contributed by atoms with Gasteiger partial charge in [0.05, 0.1) is 18.6 Å². The fraction of sp³-hybridized carbons (Fsp3) is 0.368. The molecule has 0 aliphatic rings. The third-order valence-electron chi connectivity index (χ3n) is 3.78. The van der Waals surface area contributed by atoms with Crippen LogP contribution >= 0.6 is 0 Å².